The molecule has 2 aromatic carbocycles. The number of benzene rings is 2. The summed E-state index contributed by atoms with van der Waals surface area (Å²) >= 11 is 0. The Morgan fingerprint density at radius 3 is 1.97 bits per heavy atom. The molecule has 0 aliphatic carbocycles. The zero-order valence-electron chi connectivity index (χ0n) is 18.9. The van der Waals surface area contributed by atoms with E-state index in [1.54, 1.807) is 28.9 Å². The fourth-order valence-electron chi connectivity index (χ4n) is 4.46. The number of hydrogen-bond acceptors (Lipinski definition) is 3. The molecule has 0 aromatic heterocycles. The molecule has 34 heavy (non-hydrogen) atoms. The average molecular weight is 473 g/mol. The Bertz CT molecular complexity index is 1110. The fourth-order valence-corrected chi connectivity index (χ4v) is 4.46. The number of hydrogen-bond donors (Lipinski definition) is 0. The number of carbonyl (C=O) groups excluding carboxylic acids is 3. The number of likely N-dealkylation sites (tertiary alicyclic amines) is 1. The number of carbonyl (C=O) groups is 3. The lowest BCUT2D eigenvalue weighted by Crippen LogP contribution is -2.53. The summed E-state index contributed by atoms with van der Waals surface area (Å²) in [5, 5.41) is 0. The smallest absolute Gasteiger partial charge is 0.256 e. The molecule has 2 aromatic rings. The predicted molar refractivity (Wildman–Crippen MR) is 119 cm³/mol. The normalized spacial score (nSPS) is 17.1. The molecule has 2 heterocycles. The molecular weight excluding hydrogens is 447 g/mol. The Kier molecular flexibility index (Phi) is 6.90. The van der Waals surface area contributed by atoms with Gasteiger partial charge in [-0.2, -0.15) is 0 Å². The van der Waals surface area contributed by atoms with Crippen molar-refractivity contribution in [1.82, 2.24) is 14.7 Å². The van der Waals surface area contributed by atoms with E-state index in [0.717, 1.165) is 12.1 Å². The summed E-state index contributed by atoms with van der Waals surface area (Å²) in [6, 6.07) is 7.28. The minimum atomic E-state index is -0.899. The SMILES string of the molecule is Cc1ccc(C(=O)N2CCN(C(=O)C3CCN(C(=O)c4ccc(F)cc4F)CC3)CC2)cc1F. The Labute approximate surface area is 195 Å². The van der Waals surface area contributed by atoms with E-state index in [9.17, 15) is 27.6 Å². The van der Waals surface area contributed by atoms with Crippen molar-refractivity contribution in [1.29, 1.82) is 0 Å². The standard InChI is InChI=1S/C25H26F3N3O3/c1-16-2-3-18(14-21(16)27)24(33)31-12-10-30(11-13-31)23(32)17-6-8-29(9-7-17)25(34)20-5-4-19(26)15-22(20)28/h2-5,14-15,17H,6-13H2,1H3. The van der Waals surface area contributed by atoms with E-state index in [1.807, 2.05) is 0 Å². The molecule has 0 unspecified atom stereocenters. The number of rotatable bonds is 3. The van der Waals surface area contributed by atoms with Crippen LogP contribution in [0.3, 0.4) is 0 Å². The van der Waals surface area contributed by atoms with E-state index < -0.39 is 23.4 Å². The van der Waals surface area contributed by atoms with Crippen molar-refractivity contribution < 1.29 is 27.6 Å². The van der Waals surface area contributed by atoms with Crippen molar-refractivity contribution >= 4 is 17.7 Å². The van der Waals surface area contributed by atoms with Crippen LogP contribution in [0.1, 0.15) is 39.1 Å². The predicted octanol–water partition coefficient (Wildman–Crippen LogP) is 3.25. The van der Waals surface area contributed by atoms with Crippen molar-refractivity contribution in [2.24, 2.45) is 5.92 Å². The second-order valence-electron chi connectivity index (χ2n) is 8.77. The summed E-state index contributed by atoms with van der Waals surface area (Å²) in [6.45, 7) is 3.75. The highest BCUT2D eigenvalue weighted by molar-refractivity contribution is 5.95. The van der Waals surface area contributed by atoms with Crippen molar-refractivity contribution in [2.45, 2.75) is 19.8 Å². The van der Waals surface area contributed by atoms with Gasteiger partial charge in [0.2, 0.25) is 5.91 Å². The van der Waals surface area contributed by atoms with Gasteiger partial charge in [0.05, 0.1) is 5.56 Å². The zero-order valence-corrected chi connectivity index (χ0v) is 18.9. The number of piperidine rings is 1. The number of piperazine rings is 1. The number of amides is 3. The molecule has 4 rings (SSSR count). The van der Waals surface area contributed by atoms with Gasteiger partial charge in [0.15, 0.2) is 0 Å². The highest BCUT2D eigenvalue weighted by atomic mass is 19.1. The third kappa shape index (κ3) is 4.93. The second-order valence-corrected chi connectivity index (χ2v) is 8.77. The van der Waals surface area contributed by atoms with Crippen LogP contribution in [0.2, 0.25) is 0 Å². The van der Waals surface area contributed by atoms with Gasteiger partial charge in [-0.3, -0.25) is 14.4 Å². The van der Waals surface area contributed by atoms with E-state index in [-0.39, 0.29) is 28.9 Å². The topological polar surface area (TPSA) is 60.9 Å². The van der Waals surface area contributed by atoms with Gasteiger partial charge < -0.3 is 14.7 Å². The summed E-state index contributed by atoms with van der Waals surface area (Å²) in [5.41, 5.74) is 0.584. The fraction of sp³-hybridized carbons (Fsp3) is 0.400. The van der Waals surface area contributed by atoms with Crippen LogP contribution in [0.15, 0.2) is 36.4 Å². The van der Waals surface area contributed by atoms with Crippen LogP contribution < -0.4 is 0 Å². The van der Waals surface area contributed by atoms with Gasteiger partial charge in [-0.05, 0) is 49.6 Å². The Balaban J connectivity index is 1.28. The molecule has 0 atom stereocenters. The van der Waals surface area contributed by atoms with Crippen molar-refractivity contribution in [2.75, 3.05) is 39.3 Å². The summed E-state index contributed by atoms with van der Waals surface area (Å²) in [4.78, 5) is 43.1. The number of aryl methyl sites for hydroxylation is 1. The first-order valence-electron chi connectivity index (χ1n) is 11.3. The molecule has 2 aliphatic heterocycles. The highest BCUT2D eigenvalue weighted by Crippen LogP contribution is 2.23. The van der Waals surface area contributed by atoms with Gasteiger partial charge >= 0.3 is 0 Å². The summed E-state index contributed by atoms with van der Waals surface area (Å²) in [7, 11) is 0. The summed E-state index contributed by atoms with van der Waals surface area (Å²) in [6.07, 6.45) is 0.907. The number of halogens is 3. The Morgan fingerprint density at radius 1 is 0.735 bits per heavy atom. The van der Waals surface area contributed by atoms with Crippen LogP contribution in [0.4, 0.5) is 13.2 Å². The van der Waals surface area contributed by atoms with Gasteiger partial charge in [0.1, 0.15) is 17.5 Å². The third-order valence-electron chi connectivity index (χ3n) is 6.59. The van der Waals surface area contributed by atoms with Crippen LogP contribution in [0.25, 0.3) is 0 Å². The van der Waals surface area contributed by atoms with Crippen LogP contribution in [0, 0.1) is 30.3 Å². The molecule has 180 valence electrons. The minimum Gasteiger partial charge on any atom is -0.339 e. The van der Waals surface area contributed by atoms with Crippen LogP contribution in [-0.4, -0.2) is 71.7 Å². The molecule has 6 nitrogen and oxygen atoms in total. The molecule has 2 saturated heterocycles. The van der Waals surface area contributed by atoms with E-state index in [1.165, 1.54) is 11.0 Å². The lowest BCUT2D eigenvalue weighted by molar-refractivity contribution is -0.138. The van der Waals surface area contributed by atoms with E-state index in [4.69, 9.17) is 0 Å². The monoisotopic (exact) mass is 473 g/mol. The molecule has 0 bridgehead atoms. The van der Waals surface area contributed by atoms with E-state index >= 15 is 0 Å². The molecule has 9 heteroatoms. The average Bonchev–Trinajstić information content (AvgIpc) is 2.84. The maximum atomic E-state index is 13.9. The van der Waals surface area contributed by atoms with Crippen LogP contribution >= 0.6 is 0 Å². The summed E-state index contributed by atoms with van der Waals surface area (Å²) < 4.78 is 40.9. The molecule has 2 fully saturated rings. The van der Waals surface area contributed by atoms with Gasteiger partial charge in [-0.1, -0.05) is 6.07 Å². The van der Waals surface area contributed by atoms with Crippen LogP contribution in [0.5, 0.6) is 0 Å². The third-order valence-corrected chi connectivity index (χ3v) is 6.59. The highest BCUT2D eigenvalue weighted by Gasteiger charge is 2.33. The zero-order chi connectivity index (χ0) is 24.4. The molecule has 0 N–H and O–H groups in total. The first kappa shape index (κ1) is 23.8. The Morgan fingerprint density at radius 2 is 1.35 bits per heavy atom. The maximum Gasteiger partial charge on any atom is 0.256 e. The second kappa shape index (κ2) is 9.87. The Hall–Kier alpha value is -3.36. The first-order chi connectivity index (χ1) is 16.2. The van der Waals surface area contributed by atoms with Crippen molar-refractivity contribution in [3.63, 3.8) is 0 Å². The largest absolute Gasteiger partial charge is 0.339 e. The molecule has 0 saturated carbocycles. The van der Waals surface area contributed by atoms with Gasteiger partial charge in [0, 0.05) is 56.8 Å². The quantitative estimate of drug-likeness (QED) is 0.688. The lowest BCUT2D eigenvalue weighted by Gasteiger charge is -2.38. The van der Waals surface area contributed by atoms with Crippen LogP contribution in [-0.2, 0) is 4.79 Å². The molecule has 2 aliphatic rings. The molecular formula is C25H26F3N3O3. The first-order valence-corrected chi connectivity index (χ1v) is 11.3. The minimum absolute atomic E-state index is 0.0199. The number of nitrogens with zero attached hydrogens (tertiary/aromatic N) is 3. The lowest BCUT2D eigenvalue weighted by atomic mass is 9.94. The van der Waals surface area contributed by atoms with Crippen molar-refractivity contribution in [3.8, 4) is 0 Å². The maximum absolute atomic E-state index is 13.9. The van der Waals surface area contributed by atoms with Gasteiger partial charge in [-0.15, -0.1) is 0 Å². The van der Waals surface area contributed by atoms with E-state index in [0.29, 0.717) is 63.7 Å². The van der Waals surface area contributed by atoms with Crippen molar-refractivity contribution in [3.05, 3.63) is 70.5 Å². The van der Waals surface area contributed by atoms with E-state index in [2.05, 4.69) is 0 Å². The summed E-state index contributed by atoms with van der Waals surface area (Å²) in [5.74, 6) is -3.11. The molecule has 0 spiro atoms. The molecule has 0 radical (unpaired) electrons. The van der Waals surface area contributed by atoms with Gasteiger partial charge in [-0.25, -0.2) is 13.2 Å². The molecule has 3 amide bonds. The van der Waals surface area contributed by atoms with Gasteiger partial charge in [0.25, 0.3) is 11.8 Å².